The summed E-state index contributed by atoms with van der Waals surface area (Å²) in [4.78, 5) is 13.1. The third-order valence-corrected chi connectivity index (χ3v) is 6.52. The lowest BCUT2D eigenvalue weighted by molar-refractivity contribution is 0.0951. The third kappa shape index (κ3) is 3.40. The van der Waals surface area contributed by atoms with E-state index in [-0.39, 0.29) is 17.9 Å². The molecule has 0 saturated carbocycles. The van der Waals surface area contributed by atoms with Crippen LogP contribution in [-0.4, -0.2) is 5.91 Å². The van der Waals surface area contributed by atoms with E-state index in [0.29, 0.717) is 18.0 Å². The molecule has 1 aliphatic heterocycles. The van der Waals surface area contributed by atoms with E-state index in [1.54, 1.807) is 0 Å². The number of hydrogen-bond acceptors (Lipinski definition) is 2. The van der Waals surface area contributed by atoms with Gasteiger partial charge in [0.2, 0.25) is 0 Å². The Bertz CT molecular complexity index is 1110. The summed E-state index contributed by atoms with van der Waals surface area (Å²) in [5, 5.41) is 7.52. The first-order chi connectivity index (χ1) is 14.7. The van der Waals surface area contributed by atoms with E-state index in [2.05, 4.69) is 34.9 Å². The van der Waals surface area contributed by atoms with Crippen LogP contribution in [0.1, 0.15) is 45.4 Å². The van der Waals surface area contributed by atoms with E-state index in [4.69, 9.17) is 11.6 Å². The maximum atomic E-state index is 13.1. The van der Waals surface area contributed by atoms with E-state index in [0.717, 1.165) is 28.3 Å². The van der Waals surface area contributed by atoms with Gasteiger partial charge in [-0.3, -0.25) is 4.79 Å². The molecule has 3 nitrogen and oxygen atoms in total. The summed E-state index contributed by atoms with van der Waals surface area (Å²) >= 11 is 6.56. The van der Waals surface area contributed by atoms with Crippen molar-refractivity contribution in [2.24, 2.45) is 5.92 Å². The van der Waals surface area contributed by atoms with Crippen LogP contribution < -0.4 is 10.6 Å². The van der Waals surface area contributed by atoms with E-state index < -0.39 is 0 Å². The number of benzene rings is 3. The van der Waals surface area contributed by atoms with Crippen LogP contribution in [0.4, 0.5) is 5.69 Å². The average molecular weight is 415 g/mol. The monoisotopic (exact) mass is 414 g/mol. The number of allylic oxidation sites excluding steroid dienone is 2. The fourth-order valence-corrected chi connectivity index (χ4v) is 4.97. The number of carbonyl (C=O) groups excluding carboxylic acids is 1. The van der Waals surface area contributed by atoms with Crippen molar-refractivity contribution in [2.75, 3.05) is 5.32 Å². The molecule has 3 aromatic rings. The van der Waals surface area contributed by atoms with Crippen LogP contribution in [0.15, 0.2) is 84.9 Å². The lowest BCUT2D eigenvalue weighted by Crippen LogP contribution is -2.32. The highest BCUT2D eigenvalue weighted by atomic mass is 35.5. The molecule has 2 N–H and O–H groups in total. The predicted molar refractivity (Wildman–Crippen MR) is 122 cm³/mol. The molecule has 2 aliphatic rings. The van der Waals surface area contributed by atoms with Gasteiger partial charge in [0.15, 0.2) is 0 Å². The quantitative estimate of drug-likeness (QED) is 0.506. The van der Waals surface area contributed by atoms with Gasteiger partial charge in [-0.1, -0.05) is 84.4 Å². The summed E-state index contributed by atoms with van der Waals surface area (Å²) in [6.45, 7) is 0.503. The van der Waals surface area contributed by atoms with Gasteiger partial charge in [0.25, 0.3) is 5.91 Å². The van der Waals surface area contributed by atoms with Crippen molar-refractivity contribution in [1.29, 1.82) is 0 Å². The molecule has 4 heteroatoms. The number of anilines is 1. The number of para-hydroxylation sites is 1. The van der Waals surface area contributed by atoms with E-state index >= 15 is 0 Å². The molecule has 3 atom stereocenters. The Morgan fingerprint density at radius 1 is 0.967 bits per heavy atom. The Labute approximate surface area is 181 Å². The minimum absolute atomic E-state index is 0.0641. The number of hydrogen-bond donors (Lipinski definition) is 2. The van der Waals surface area contributed by atoms with Gasteiger partial charge < -0.3 is 10.6 Å². The van der Waals surface area contributed by atoms with Crippen LogP contribution in [-0.2, 0) is 6.54 Å². The Morgan fingerprint density at radius 2 is 1.73 bits per heavy atom. The summed E-state index contributed by atoms with van der Waals surface area (Å²) < 4.78 is 0. The molecule has 150 valence electrons. The lowest BCUT2D eigenvalue weighted by atomic mass is 9.76. The second kappa shape index (κ2) is 8.00. The third-order valence-electron chi connectivity index (χ3n) is 6.18. The van der Waals surface area contributed by atoms with Crippen molar-refractivity contribution in [3.05, 3.63) is 112 Å². The van der Waals surface area contributed by atoms with Crippen LogP contribution in [0.5, 0.6) is 0 Å². The van der Waals surface area contributed by atoms with Gasteiger partial charge in [-0.2, -0.15) is 0 Å². The molecule has 1 aliphatic carbocycles. The molecule has 0 aromatic heterocycles. The van der Waals surface area contributed by atoms with E-state index in [1.807, 2.05) is 60.7 Å². The molecule has 1 amide bonds. The molecule has 3 unspecified atom stereocenters. The van der Waals surface area contributed by atoms with Crippen molar-refractivity contribution in [3.8, 4) is 0 Å². The van der Waals surface area contributed by atoms with Gasteiger partial charge in [0, 0.05) is 17.5 Å². The summed E-state index contributed by atoms with van der Waals surface area (Å²) in [6.07, 6.45) is 5.52. The average Bonchev–Trinajstić information content (AvgIpc) is 3.28. The van der Waals surface area contributed by atoms with E-state index in [9.17, 15) is 4.79 Å². The number of amides is 1. The highest BCUT2D eigenvalue weighted by molar-refractivity contribution is 6.31. The van der Waals surface area contributed by atoms with Crippen molar-refractivity contribution in [2.45, 2.75) is 24.9 Å². The second-order valence-corrected chi connectivity index (χ2v) is 8.34. The first kappa shape index (κ1) is 19.0. The number of carbonyl (C=O) groups is 1. The maximum Gasteiger partial charge on any atom is 0.253 e. The summed E-state index contributed by atoms with van der Waals surface area (Å²) in [5.41, 5.74) is 4.95. The highest BCUT2D eigenvalue weighted by Crippen LogP contribution is 2.51. The minimum Gasteiger partial charge on any atom is -0.377 e. The number of halogens is 1. The minimum atomic E-state index is -0.0680. The van der Waals surface area contributed by atoms with Gasteiger partial charge in [-0.15, -0.1) is 0 Å². The fourth-order valence-electron chi connectivity index (χ4n) is 4.72. The Morgan fingerprint density at radius 3 is 2.57 bits per heavy atom. The zero-order valence-corrected chi connectivity index (χ0v) is 17.3. The van der Waals surface area contributed by atoms with Crippen molar-refractivity contribution >= 4 is 23.2 Å². The molecule has 5 rings (SSSR count). The molecule has 0 saturated heterocycles. The van der Waals surface area contributed by atoms with Crippen LogP contribution in [0.2, 0.25) is 5.02 Å². The normalized spacial score (nSPS) is 21.4. The molecule has 0 bridgehead atoms. The lowest BCUT2D eigenvalue weighted by Gasteiger charge is -2.38. The number of nitrogens with one attached hydrogen (secondary N) is 2. The molecule has 3 aromatic carbocycles. The first-order valence-electron chi connectivity index (χ1n) is 10.3. The maximum absolute atomic E-state index is 13.1. The summed E-state index contributed by atoms with van der Waals surface area (Å²) in [7, 11) is 0. The van der Waals surface area contributed by atoms with Crippen LogP contribution >= 0.6 is 11.6 Å². The summed E-state index contributed by atoms with van der Waals surface area (Å²) in [6, 6.07) is 24.0. The molecule has 1 heterocycles. The largest absolute Gasteiger partial charge is 0.377 e. The predicted octanol–water partition coefficient (Wildman–Crippen LogP) is 6.10. The van der Waals surface area contributed by atoms with Gasteiger partial charge in [0.1, 0.15) is 0 Å². The van der Waals surface area contributed by atoms with Crippen LogP contribution in [0.3, 0.4) is 0 Å². The number of rotatable bonds is 4. The molecular formula is C26H23ClN2O. The smallest absolute Gasteiger partial charge is 0.253 e. The molecule has 0 fully saturated rings. The van der Waals surface area contributed by atoms with Gasteiger partial charge in [-0.05, 0) is 41.2 Å². The fraction of sp³-hybridized carbons (Fsp3) is 0.192. The topological polar surface area (TPSA) is 41.1 Å². The Kier molecular flexibility index (Phi) is 5.06. The molecule has 0 radical (unpaired) electrons. The standard InChI is InChI=1S/C26H23ClN2O/c27-23-15-5-4-10-21(23)24-19-12-6-11-18(19)20-13-7-14-22(25(20)29-24)26(30)28-16-17-8-2-1-3-9-17/h1-11,13-15,18-19,24,29H,12,16H2,(H,28,30). The molecule has 30 heavy (non-hydrogen) atoms. The first-order valence-corrected chi connectivity index (χ1v) is 10.7. The van der Waals surface area contributed by atoms with Gasteiger partial charge in [-0.25, -0.2) is 0 Å². The SMILES string of the molecule is O=C(NCc1ccccc1)c1cccc2c1NC(c1ccccc1Cl)C1CC=CC21. The Hall–Kier alpha value is -3.04. The molecular weight excluding hydrogens is 392 g/mol. The van der Waals surface area contributed by atoms with Crippen LogP contribution in [0.25, 0.3) is 0 Å². The van der Waals surface area contributed by atoms with Gasteiger partial charge in [0.05, 0.1) is 17.3 Å². The second-order valence-electron chi connectivity index (χ2n) is 7.94. The number of fused-ring (bicyclic) bond motifs is 3. The Balaban J connectivity index is 1.48. The highest BCUT2D eigenvalue weighted by Gasteiger charge is 2.39. The van der Waals surface area contributed by atoms with E-state index in [1.165, 1.54) is 5.56 Å². The van der Waals surface area contributed by atoms with Crippen molar-refractivity contribution < 1.29 is 4.79 Å². The van der Waals surface area contributed by atoms with Crippen LogP contribution in [0, 0.1) is 5.92 Å². The van der Waals surface area contributed by atoms with Gasteiger partial charge >= 0.3 is 0 Å². The zero-order chi connectivity index (χ0) is 20.5. The van der Waals surface area contributed by atoms with Crippen molar-refractivity contribution in [1.82, 2.24) is 5.32 Å². The summed E-state index contributed by atoms with van der Waals surface area (Å²) in [5.74, 6) is 0.603. The zero-order valence-electron chi connectivity index (χ0n) is 16.5. The van der Waals surface area contributed by atoms with Crippen molar-refractivity contribution in [3.63, 3.8) is 0 Å². The molecule has 0 spiro atoms.